The minimum absolute atomic E-state index is 0.283. The van der Waals surface area contributed by atoms with Crippen molar-refractivity contribution in [3.05, 3.63) is 40.1 Å². The summed E-state index contributed by atoms with van der Waals surface area (Å²) in [6.07, 6.45) is 0. The first kappa shape index (κ1) is 15.8. The second-order valence-electron chi connectivity index (χ2n) is 5.29. The number of anilines is 3. The number of benzene rings is 1. The van der Waals surface area contributed by atoms with E-state index in [1.165, 1.54) is 5.56 Å². The molecule has 0 aliphatic heterocycles. The van der Waals surface area contributed by atoms with E-state index in [1.54, 1.807) is 0 Å². The Bertz CT molecular complexity index is 626. The first-order valence-corrected chi connectivity index (χ1v) is 7.95. The van der Waals surface area contributed by atoms with Gasteiger partial charge in [-0.25, -0.2) is 9.97 Å². The molecule has 2 N–H and O–H groups in total. The molecule has 2 aromatic rings. The lowest BCUT2D eigenvalue weighted by Gasteiger charge is -2.13. The van der Waals surface area contributed by atoms with Gasteiger partial charge in [-0.2, -0.15) is 0 Å². The van der Waals surface area contributed by atoms with Gasteiger partial charge >= 0.3 is 0 Å². The Morgan fingerprint density at radius 2 is 1.86 bits per heavy atom. The molecule has 0 bridgehead atoms. The van der Waals surface area contributed by atoms with Gasteiger partial charge in [-0.1, -0.05) is 19.9 Å². The van der Waals surface area contributed by atoms with Gasteiger partial charge in [0.05, 0.1) is 5.69 Å². The maximum atomic E-state index is 4.60. The summed E-state index contributed by atoms with van der Waals surface area (Å²) < 4.78 is 1.02. The van der Waals surface area contributed by atoms with Crippen molar-refractivity contribution in [3.8, 4) is 0 Å². The van der Waals surface area contributed by atoms with E-state index in [0.717, 1.165) is 34.2 Å². The van der Waals surface area contributed by atoms with Crippen molar-refractivity contribution in [2.24, 2.45) is 0 Å². The SMILES string of the molecule is CCNc1cc(Nc2cc(C)ccc2Br)nc(C(C)C)n1. The van der Waals surface area contributed by atoms with Crippen LogP contribution in [0.15, 0.2) is 28.7 Å². The smallest absolute Gasteiger partial charge is 0.136 e. The van der Waals surface area contributed by atoms with Crippen LogP contribution in [0.2, 0.25) is 0 Å². The normalized spacial score (nSPS) is 10.8. The van der Waals surface area contributed by atoms with Crippen LogP contribution in [0.25, 0.3) is 0 Å². The number of aromatic nitrogens is 2. The zero-order chi connectivity index (χ0) is 15.4. The molecule has 0 aliphatic rings. The first-order valence-electron chi connectivity index (χ1n) is 7.15. The molecule has 4 nitrogen and oxygen atoms in total. The number of aryl methyl sites for hydroxylation is 1. The monoisotopic (exact) mass is 348 g/mol. The quantitative estimate of drug-likeness (QED) is 0.810. The number of rotatable bonds is 5. The van der Waals surface area contributed by atoms with Crippen molar-refractivity contribution in [3.63, 3.8) is 0 Å². The molecule has 1 aromatic heterocycles. The van der Waals surface area contributed by atoms with Crippen LogP contribution in [0, 0.1) is 6.92 Å². The number of hydrogen-bond donors (Lipinski definition) is 2. The molecular formula is C16H21BrN4. The lowest BCUT2D eigenvalue weighted by molar-refractivity contribution is 0.777. The zero-order valence-corrected chi connectivity index (χ0v) is 14.5. The van der Waals surface area contributed by atoms with Crippen LogP contribution in [-0.2, 0) is 0 Å². The van der Waals surface area contributed by atoms with Gasteiger partial charge in [0.25, 0.3) is 0 Å². The molecule has 0 unspecified atom stereocenters. The van der Waals surface area contributed by atoms with Gasteiger partial charge in [-0.05, 0) is 47.5 Å². The summed E-state index contributed by atoms with van der Waals surface area (Å²) in [4.78, 5) is 9.13. The van der Waals surface area contributed by atoms with E-state index in [0.29, 0.717) is 0 Å². The van der Waals surface area contributed by atoms with E-state index >= 15 is 0 Å². The molecule has 0 atom stereocenters. The van der Waals surface area contributed by atoms with Crippen LogP contribution in [0.1, 0.15) is 38.1 Å². The van der Waals surface area contributed by atoms with Crippen LogP contribution < -0.4 is 10.6 Å². The van der Waals surface area contributed by atoms with E-state index in [-0.39, 0.29) is 5.92 Å². The number of nitrogens with zero attached hydrogens (tertiary/aromatic N) is 2. The van der Waals surface area contributed by atoms with E-state index < -0.39 is 0 Å². The molecule has 1 aromatic carbocycles. The van der Waals surface area contributed by atoms with E-state index in [9.17, 15) is 0 Å². The second-order valence-corrected chi connectivity index (χ2v) is 6.14. The van der Waals surface area contributed by atoms with Gasteiger partial charge in [-0.3, -0.25) is 0 Å². The predicted octanol–water partition coefficient (Wildman–Crippen LogP) is 4.85. The summed E-state index contributed by atoms with van der Waals surface area (Å²) in [7, 11) is 0. The third-order valence-electron chi connectivity index (χ3n) is 3.00. The van der Waals surface area contributed by atoms with Crippen molar-refractivity contribution in [2.45, 2.75) is 33.6 Å². The minimum atomic E-state index is 0.283. The summed E-state index contributed by atoms with van der Waals surface area (Å²) in [6.45, 7) is 9.15. The fourth-order valence-corrected chi connectivity index (χ4v) is 2.28. The third kappa shape index (κ3) is 4.17. The van der Waals surface area contributed by atoms with Gasteiger partial charge in [0.15, 0.2) is 0 Å². The molecule has 0 saturated heterocycles. The van der Waals surface area contributed by atoms with E-state index in [4.69, 9.17) is 0 Å². The highest BCUT2D eigenvalue weighted by atomic mass is 79.9. The summed E-state index contributed by atoms with van der Waals surface area (Å²) in [5, 5.41) is 6.62. The molecule has 0 spiro atoms. The lowest BCUT2D eigenvalue weighted by atomic mass is 10.2. The molecular weight excluding hydrogens is 328 g/mol. The van der Waals surface area contributed by atoms with E-state index in [2.05, 4.69) is 76.4 Å². The Morgan fingerprint density at radius 3 is 2.52 bits per heavy atom. The van der Waals surface area contributed by atoms with Crippen LogP contribution in [-0.4, -0.2) is 16.5 Å². The average molecular weight is 349 g/mol. The Morgan fingerprint density at radius 1 is 1.14 bits per heavy atom. The molecule has 0 radical (unpaired) electrons. The summed E-state index contributed by atoms with van der Waals surface area (Å²) >= 11 is 3.56. The molecule has 0 aliphatic carbocycles. The molecule has 112 valence electrons. The highest BCUT2D eigenvalue weighted by molar-refractivity contribution is 9.10. The van der Waals surface area contributed by atoms with Crippen LogP contribution in [0.4, 0.5) is 17.3 Å². The van der Waals surface area contributed by atoms with E-state index in [1.807, 2.05) is 12.1 Å². The molecule has 0 saturated carbocycles. The Balaban J connectivity index is 2.36. The second kappa shape index (κ2) is 6.89. The molecule has 0 fully saturated rings. The maximum absolute atomic E-state index is 4.60. The fraction of sp³-hybridized carbons (Fsp3) is 0.375. The minimum Gasteiger partial charge on any atom is -0.370 e. The Kier molecular flexibility index (Phi) is 5.17. The number of halogens is 1. The lowest BCUT2D eigenvalue weighted by Crippen LogP contribution is -2.07. The van der Waals surface area contributed by atoms with Crippen molar-refractivity contribution in [1.29, 1.82) is 0 Å². The maximum Gasteiger partial charge on any atom is 0.136 e. The Hall–Kier alpha value is -1.62. The highest BCUT2D eigenvalue weighted by Crippen LogP contribution is 2.27. The molecule has 0 amide bonds. The van der Waals surface area contributed by atoms with Gasteiger partial charge in [0.2, 0.25) is 0 Å². The largest absolute Gasteiger partial charge is 0.370 e. The summed E-state index contributed by atoms with van der Waals surface area (Å²) in [5.41, 5.74) is 2.21. The Labute approximate surface area is 134 Å². The van der Waals surface area contributed by atoms with Gasteiger partial charge in [0, 0.05) is 23.0 Å². The fourth-order valence-electron chi connectivity index (χ4n) is 1.93. The van der Waals surface area contributed by atoms with Gasteiger partial charge in [-0.15, -0.1) is 0 Å². The van der Waals surface area contributed by atoms with Gasteiger partial charge in [0.1, 0.15) is 17.5 Å². The molecule has 2 rings (SSSR count). The third-order valence-corrected chi connectivity index (χ3v) is 3.69. The number of hydrogen-bond acceptors (Lipinski definition) is 4. The van der Waals surface area contributed by atoms with Crippen LogP contribution in [0.3, 0.4) is 0 Å². The summed E-state index contributed by atoms with van der Waals surface area (Å²) in [5.74, 6) is 2.77. The highest BCUT2D eigenvalue weighted by Gasteiger charge is 2.09. The van der Waals surface area contributed by atoms with Crippen LogP contribution >= 0.6 is 15.9 Å². The van der Waals surface area contributed by atoms with Crippen molar-refractivity contribution < 1.29 is 0 Å². The van der Waals surface area contributed by atoms with Crippen molar-refractivity contribution in [1.82, 2.24) is 9.97 Å². The van der Waals surface area contributed by atoms with Gasteiger partial charge < -0.3 is 10.6 Å². The standard InChI is InChI=1S/C16H21BrN4/c1-5-18-14-9-15(21-16(20-14)10(2)3)19-13-8-11(4)6-7-12(13)17/h6-10H,5H2,1-4H3,(H2,18,19,20,21). The topological polar surface area (TPSA) is 49.8 Å². The zero-order valence-electron chi connectivity index (χ0n) is 12.9. The molecule has 5 heteroatoms. The predicted molar refractivity (Wildman–Crippen MR) is 92.4 cm³/mol. The molecule has 21 heavy (non-hydrogen) atoms. The molecule has 1 heterocycles. The summed E-state index contributed by atoms with van der Waals surface area (Å²) in [6, 6.07) is 8.13. The van der Waals surface area contributed by atoms with Crippen molar-refractivity contribution >= 4 is 33.3 Å². The van der Waals surface area contributed by atoms with Crippen molar-refractivity contribution in [2.75, 3.05) is 17.2 Å². The van der Waals surface area contributed by atoms with Crippen LogP contribution in [0.5, 0.6) is 0 Å². The first-order chi connectivity index (χ1) is 9.99. The average Bonchev–Trinajstić information content (AvgIpc) is 2.43. The number of nitrogens with one attached hydrogen (secondary N) is 2.